The van der Waals surface area contributed by atoms with Crippen LogP contribution in [0.15, 0.2) is 60.7 Å². The molecule has 1 atom stereocenters. The quantitative estimate of drug-likeness (QED) is 0.186. The van der Waals surface area contributed by atoms with Crippen LogP contribution in [0.2, 0.25) is 10.0 Å². The Labute approximate surface area is 246 Å². The van der Waals surface area contributed by atoms with Crippen LogP contribution >= 0.6 is 23.2 Å². The summed E-state index contributed by atoms with van der Waals surface area (Å²) in [4.78, 5) is 25.8. The number of urea groups is 1. The van der Waals surface area contributed by atoms with Crippen molar-refractivity contribution in [3.63, 3.8) is 0 Å². The van der Waals surface area contributed by atoms with E-state index in [1.54, 1.807) is 49.4 Å². The van der Waals surface area contributed by atoms with Crippen molar-refractivity contribution in [1.29, 1.82) is 0 Å². The standard InChI is InChI=1S/C29H30Cl2F2N2O6/c1-2-39-27(28(36)37)14-19-4-7-23(8-5-19)41-13-11-35(29(38)34-22-6-9-25(32)26(33)18-22)10-3-12-40-24-16-20(30)15-21(31)17-24/h4-9,15-18,27H,2-3,10-14H2,1H3,(H,34,38)(H,36,37). The number of carbonyl (C=O) groups excluding carboxylic acids is 1. The number of anilines is 1. The van der Waals surface area contributed by atoms with Crippen LogP contribution in [0.1, 0.15) is 18.9 Å². The molecular weight excluding hydrogens is 581 g/mol. The van der Waals surface area contributed by atoms with E-state index in [9.17, 15) is 23.5 Å². The average molecular weight is 611 g/mol. The lowest BCUT2D eigenvalue weighted by Crippen LogP contribution is -2.39. The van der Waals surface area contributed by atoms with Gasteiger partial charge in [-0.1, -0.05) is 35.3 Å². The molecule has 8 nitrogen and oxygen atoms in total. The zero-order chi connectivity index (χ0) is 29.8. The zero-order valence-electron chi connectivity index (χ0n) is 22.2. The minimum absolute atomic E-state index is 0.104. The first kappa shape index (κ1) is 31.9. The number of carboxylic acids is 1. The number of carboxylic acid groups (broad SMARTS) is 1. The highest BCUT2D eigenvalue weighted by atomic mass is 35.5. The number of nitrogens with one attached hydrogen (secondary N) is 1. The Morgan fingerprint density at radius 3 is 2.22 bits per heavy atom. The maximum Gasteiger partial charge on any atom is 0.333 e. The van der Waals surface area contributed by atoms with Gasteiger partial charge in [-0.2, -0.15) is 0 Å². The number of ether oxygens (including phenoxy) is 3. The number of rotatable bonds is 15. The summed E-state index contributed by atoms with van der Waals surface area (Å²) in [5.41, 5.74) is 0.874. The number of amides is 2. The van der Waals surface area contributed by atoms with Crippen LogP contribution in [-0.4, -0.2) is 61.0 Å². The molecule has 0 spiro atoms. The average Bonchev–Trinajstić information content (AvgIpc) is 2.92. The molecule has 41 heavy (non-hydrogen) atoms. The summed E-state index contributed by atoms with van der Waals surface area (Å²) in [5, 5.41) is 12.7. The number of carbonyl (C=O) groups is 2. The molecule has 0 saturated carbocycles. The first-order chi connectivity index (χ1) is 19.6. The summed E-state index contributed by atoms with van der Waals surface area (Å²) in [6, 6.07) is 14.3. The molecular formula is C29H30Cl2F2N2O6. The van der Waals surface area contributed by atoms with Crippen LogP contribution < -0.4 is 14.8 Å². The normalized spacial score (nSPS) is 11.5. The van der Waals surface area contributed by atoms with E-state index in [1.165, 1.54) is 11.0 Å². The molecule has 220 valence electrons. The number of nitrogens with zero attached hydrogens (tertiary/aromatic N) is 1. The Balaban J connectivity index is 1.57. The molecule has 1 unspecified atom stereocenters. The highest BCUT2D eigenvalue weighted by Crippen LogP contribution is 2.24. The van der Waals surface area contributed by atoms with Crippen molar-refractivity contribution in [2.24, 2.45) is 0 Å². The van der Waals surface area contributed by atoms with Gasteiger partial charge in [0.05, 0.1) is 13.2 Å². The predicted molar refractivity (Wildman–Crippen MR) is 152 cm³/mol. The van der Waals surface area contributed by atoms with Gasteiger partial charge in [0.1, 0.15) is 18.1 Å². The van der Waals surface area contributed by atoms with Crippen LogP contribution in [0, 0.1) is 11.6 Å². The van der Waals surface area contributed by atoms with Gasteiger partial charge in [0.25, 0.3) is 0 Å². The second-order valence-electron chi connectivity index (χ2n) is 8.83. The van der Waals surface area contributed by atoms with Gasteiger partial charge in [-0.25, -0.2) is 18.4 Å². The Bertz CT molecular complexity index is 1290. The Kier molecular flexibility index (Phi) is 12.5. The minimum Gasteiger partial charge on any atom is -0.493 e. The zero-order valence-corrected chi connectivity index (χ0v) is 23.8. The predicted octanol–water partition coefficient (Wildman–Crippen LogP) is 6.69. The first-order valence-corrected chi connectivity index (χ1v) is 13.6. The lowest BCUT2D eigenvalue weighted by Gasteiger charge is -2.23. The van der Waals surface area contributed by atoms with Crippen molar-refractivity contribution in [1.82, 2.24) is 4.90 Å². The molecule has 3 aromatic carbocycles. The summed E-state index contributed by atoms with van der Waals surface area (Å²) in [6.07, 6.45) is -0.285. The van der Waals surface area contributed by atoms with Gasteiger partial charge in [0.15, 0.2) is 17.7 Å². The summed E-state index contributed by atoms with van der Waals surface area (Å²) < 4.78 is 43.7. The molecule has 0 aliphatic carbocycles. The van der Waals surface area contributed by atoms with Crippen LogP contribution in [0.4, 0.5) is 19.3 Å². The molecule has 0 fully saturated rings. The van der Waals surface area contributed by atoms with E-state index in [4.69, 9.17) is 37.4 Å². The van der Waals surface area contributed by atoms with Crippen molar-refractivity contribution in [2.45, 2.75) is 25.9 Å². The fourth-order valence-electron chi connectivity index (χ4n) is 3.78. The van der Waals surface area contributed by atoms with Gasteiger partial charge in [-0.05, 0) is 61.4 Å². The molecule has 0 heterocycles. The van der Waals surface area contributed by atoms with Crippen molar-refractivity contribution < 1.29 is 37.7 Å². The molecule has 12 heteroatoms. The molecule has 0 bridgehead atoms. The number of halogens is 4. The lowest BCUT2D eigenvalue weighted by molar-refractivity contribution is -0.149. The van der Waals surface area contributed by atoms with Crippen molar-refractivity contribution >= 4 is 40.9 Å². The highest BCUT2D eigenvalue weighted by molar-refractivity contribution is 6.34. The van der Waals surface area contributed by atoms with Crippen molar-refractivity contribution in [3.05, 3.63) is 87.9 Å². The van der Waals surface area contributed by atoms with E-state index in [-0.39, 0.29) is 38.4 Å². The van der Waals surface area contributed by atoms with Gasteiger partial charge < -0.3 is 29.5 Å². The molecule has 0 aliphatic heterocycles. The third kappa shape index (κ3) is 10.7. The van der Waals surface area contributed by atoms with Crippen LogP contribution in [0.3, 0.4) is 0 Å². The van der Waals surface area contributed by atoms with Crippen molar-refractivity contribution in [2.75, 3.05) is 38.2 Å². The molecule has 2 amide bonds. The van der Waals surface area contributed by atoms with Crippen LogP contribution in [0.5, 0.6) is 11.5 Å². The molecule has 3 aromatic rings. The van der Waals surface area contributed by atoms with E-state index in [1.807, 2.05) is 0 Å². The van der Waals surface area contributed by atoms with Crippen LogP contribution in [0.25, 0.3) is 0 Å². The Morgan fingerprint density at radius 1 is 0.902 bits per heavy atom. The number of aliphatic carboxylic acids is 1. The fraction of sp³-hybridized carbons (Fsp3) is 0.310. The number of benzene rings is 3. The van der Waals surface area contributed by atoms with Gasteiger partial charge in [0, 0.05) is 41.4 Å². The third-order valence-electron chi connectivity index (χ3n) is 5.75. The molecule has 0 aromatic heterocycles. The number of hydrogen-bond acceptors (Lipinski definition) is 5. The molecule has 2 N–H and O–H groups in total. The SMILES string of the molecule is CCOC(Cc1ccc(OCCN(CCCOc2cc(Cl)cc(Cl)c2)C(=O)Nc2ccc(F)c(F)c2)cc1)C(=O)O. The van der Waals surface area contributed by atoms with E-state index in [0.717, 1.165) is 17.7 Å². The smallest absolute Gasteiger partial charge is 0.333 e. The minimum atomic E-state index is -1.08. The topological polar surface area (TPSA) is 97.3 Å². The fourth-order valence-corrected chi connectivity index (χ4v) is 4.28. The molecule has 3 rings (SSSR count). The monoisotopic (exact) mass is 610 g/mol. The highest BCUT2D eigenvalue weighted by Gasteiger charge is 2.18. The molecule has 0 radical (unpaired) electrons. The Hall–Kier alpha value is -3.60. The second-order valence-corrected chi connectivity index (χ2v) is 9.70. The van der Waals surface area contributed by atoms with Crippen LogP contribution in [-0.2, 0) is 16.0 Å². The van der Waals surface area contributed by atoms with Gasteiger partial charge in [0.2, 0.25) is 0 Å². The van der Waals surface area contributed by atoms with Gasteiger partial charge >= 0.3 is 12.0 Å². The second kappa shape index (κ2) is 16.0. The maximum absolute atomic E-state index is 13.6. The van der Waals surface area contributed by atoms with Gasteiger partial charge in [-0.15, -0.1) is 0 Å². The van der Waals surface area contributed by atoms with Crippen molar-refractivity contribution in [3.8, 4) is 11.5 Å². The molecule has 0 saturated heterocycles. The summed E-state index contributed by atoms with van der Waals surface area (Å²) in [7, 11) is 0. The largest absolute Gasteiger partial charge is 0.493 e. The van der Waals surface area contributed by atoms with E-state index >= 15 is 0 Å². The lowest BCUT2D eigenvalue weighted by atomic mass is 10.1. The van der Waals surface area contributed by atoms with Gasteiger partial charge in [-0.3, -0.25) is 0 Å². The summed E-state index contributed by atoms with van der Waals surface area (Å²) in [5.74, 6) is -2.11. The number of hydrogen-bond donors (Lipinski definition) is 2. The van der Waals surface area contributed by atoms with E-state index in [0.29, 0.717) is 34.6 Å². The van der Waals surface area contributed by atoms with E-state index < -0.39 is 29.7 Å². The third-order valence-corrected chi connectivity index (χ3v) is 6.19. The summed E-state index contributed by atoms with van der Waals surface area (Å²) in [6.45, 7) is 2.85. The first-order valence-electron chi connectivity index (χ1n) is 12.8. The Morgan fingerprint density at radius 2 is 1.59 bits per heavy atom. The molecule has 0 aliphatic rings. The maximum atomic E-state index is 13.6. The summed E-state index contributed by atoms with van der Waals surface area (Å²) >= 11 is 12.0. The van der Waals surface area contributed by atoms with E-state index in [2.05, 4.69) is 5.32 Å².